The molecule has 0 aromatic carbocycles. The Morgan fingerprint density at radius 1 is 1.46 bits per heavy atom. The SMILES string of the molecule is O=C1C=CC2OC23CCCC2OC123. The fourth-order valence-corrected chi connectivity index (χ4v) is 3.17. The predicted molar refractivity (Wildman–Crippen MR) is 43.2 cm³/mol. The Labute approximate surface area is 75.7 Å². The second kappa shape index (κ2) is 1.62. The Morgan fingerprint density at radius 3 is 3.23 bits per heavy atom. The Hall–Kier alpha value is -0.670. The lowest BCUT2D eigenvalue weighted by molar-refractivity contribution is -0.122. The van der Waals surface area contributed by atoms with Crippen LogP contribution in [0.2, 0.25) is 0 Å². The number of carbonyl (C=O) groups excluding carboxylic acids is 1. The van der Waals surface area contributed by atoms with Crippen LogP contribution in [0, 0.1) is 0 Å². The maximum Gasteiger partial charge on any atom is 0.193 e. The fraction of sp³-hybridized carbons (Fsp3) is 0.700. The molecule has 4 aliphatic rings. The van der Waals surface area contributed by atoms with Gasteiger partial charge in [0.25, 0.3) is 0 Å². The Balaban J connectivity index is 1.91. The molecule has 4 atom stereocenters. The maximum absolute atomic E-state index is 11.7. The number of hydrogen-bond acceptors (Lipinski definition) is 3. The lowest BCUT2D eigenvalue weighted by atomic mass is 9.72. The van der Waals surface area contributed by atoms with Crippen molar-refractivity contribution in [1.29, 1.82) is 0 Å². The van der Waals surface area contributed by atoms with Crippen molar-refractivity contribution in [1.82, 2.24) is 0 Å². The summed E-state index contributed by atoms with van der Waals surface area (Å²) in [5.74, 6) is 0.131. The van der Waals surface area contributed by atoms with Crippen molar-refractivity contribution in [2.24, 2.45) is 0 Å². The van der Waals surface area contributed by atoms with Gasteiger partial charge >= 0.3 is 0 Å². The van der Waals surface area contributed by atoms with Gasteiger partial charge in [-0.2, -0.15) is 0 Å². The zero-order valence-corrected chi connectivity index (χ0v) is 7.16. The molecule has 3 nitrogen and oxygen atoms in total. The summed E-state index contributed by atoms with van der Waals surface area (Å²) in [7, 11) is 0. The molecule has 0 amide bonds. The Morgan fingerprint density at radius 2 is 2.38 bits per heavy atom. The Kier molecular flexibility index (Phi) is 0.839. The van der Waals surface area contributed by atoms with Crippen LogP contribution in [0.4, 0.5) is 0 Å². The second-order valence-corrected chi connectivity index (χ2v) is 4.39. The highest BCUT2D eigenvalue weighted by Crippen LogP contribution is 2.66. The van der Waals surface area contributed by atoms with Gasteiger partial charge in [0, 0.05) is 0 Å². The molecule has 13 heavy (non-hydrogen) atoms. The van der Waals surface area contributed by atoms with Crippen LogP contribution in [0.5, 0.6) is 0 Å². The third-order valence-corrected chi connectivity index (χ3v) is 3.90. The predicted octanol–water partition coefficient (Wildman–Crippen LogP) is 0.584. The molecule has 2 spiro atoms. The monoisotopic (exact) mass is 178 g/mol. The summed E-state index contributed by atoms with van der Waals surface area (Å²) in [6.45, 7) is 0. The molecule has 68 valence electrons. The van der Waals surface area contributed by atoms with Gasteiger partial charge in [0.15, 0.2) is 11.4 Å². The highest BCUT2D eigenvalue weighted by atomic mass is 16.7. The molecular formula is C10H10O3. The summed E-state index contributed by atoms with van der Waals surface area (Å²) >= 11 is 0. The van der Waals surface area contributed by atoms with Crippen molar-refractivity contribution in [3.63, 3.8) is 0 Å². The molecule has 2 heterocycles. The van der Waals surface area contributed by atoms with Gasteiger partial charge in [-0.3, -0.25) is 4.79 Å². The highest BCUT2D eigenvalue weighted by molar-refractivity contribution is 6.03. The quantitative estimate of drug-likeness (QED) is 0.510. The first kappa shape index (κ1) is 6.74. The van der Waals surface area contributed by atoms with Crippen molar-refractivity contribution < 1.29 is 14.3 Å². The van der Waals surface area contributed by atoms with Crippen molar-refractivity contribution in [2.45, 2.75) is 42.7 Å². The molecule has 4 rings (SSSR count). The molecule has 0 aromatic rings. The molecule has 3 heteroatoms. The molecule has 2 aliphatic carbocycles. The minimum atomic E-state index is -0.537. The lowest BCUT2D eigenvalue weighted by Gasteiger charge is -2.25. The van der Waals surface area contributed by atoms with Crippen LogP contribution in [0.1, 0.15) is 19.3 Å². The van der Waals surface area contributed by atoms with E-state index in [0.717, 1.165) is 19.3 Å². The van der Waals surface area contributed by atoms with E-state index in [9.17, 15) is 4.79 Å². The van der Waals surface area contributed by atoms with Crippen LogP contribution in [0.15, 0.2) is 12.2 Å². The van der Waals surface area contributed by atoms with Gasteiger partial charge < -0.3 is 9.47 Å². The lowest BCUT2D eigenvalue weighted by Crippen LogP contribution is -2.48. The first-order valence-corrected chi connectivity index (χ1v) is 4.88. The number of ether oxygens (including phenoxy) is 2. The zero-order chi connectivity index (χ0) is 8.68. The van der Waals surface area contributed by atoms with Crippen LogP contribution < -0.4 is 0 Å². The van der Waals surface area contributed by atoms with E-state index in [1.165, 1.54) is 0 Å². The van der Waals surface area contributed by atoms with Crippen LogP contribution in [-0.2, 0) is 14.3 Å². The van der Waals surface area contributed by atoms with Crippen molar-refractivity contribution in [2.75, 3.05) is 0 Å². The summed E-state index contributed by atoms with van der Waals surface area (Å²) < 4.78 is 11.3. The van der Waals surface area contributed by atoms with Crippen LogP contribution >= 0.6 is 0 Å². The van der Waals surface area contributed by atoms with E-state index in [2.05, 4.69) is 0 Å². The van der Waals surface area contributed by atoms with E-state index in [4.69, 9.17) is 9.47 Å². The van der Waals surface area contributed by atoms with Gasteiger partial charge in [-0.1, -0.05) is 0 Å². The maximum atomic E-state index is 11.7. The minimum absolute atomic E-state index is 0.131. The third-order valence-electron chi connectivity index (χ3n) is 3.90. The van der Waals surface area contributed by atoms with Gasteiger partial charge in [0.1, 0.15) is 11.7 Å². The standard InChI is InChI=1S/C10H10O3/c11-6-3-4-7-9(12-7)5-1-2-8-10(6,9)13-8/h3-4,7-8H,1-2,5H2. The zero-order valence-electron chi connectivity index (χ0n) is 7.16. The normalized spacial score (nSPS) is 60.8. The average molecular weight is 178 g/mol. The first-order valence-electron chi connectivity index (χ1n) is 4.88. The topological polar surface area (TPSA) is 42.1 Å². The summed E-state index contributed by atoms with van der Waals surface area (Å²) in [5, 5.41) is 0. The second-order valence-electron chi connectivity index (χ2n) is 4.39. The molecule has 4 unspecified atom stereocenters. The molecule has 1 saturated carbocycles. The number of ketones is 1. The van der Waals surface area contributed by atoms with E-state index < -0.39 is 5.60 Å². The highest BCUT2D eigenvalue weighted by Gasteiger charge is 2.84. The van der Waals surface area contributed by atoms with Crippen molar-refractivity contribution in [3.05, 3.63) is 12.2 Å². The molecular weight excluding hydrogens is 168 g/mol. The number of epoxide rings is 2. The van der Waals surface area contributed by atoms with Gasteiger partial charge in [-0.15, -0.1) is 0 Å². The third kappa shape index (κ3) is 0.502. The van der Waals surface area contributed by atoms with Gasteiger partial charge in [0.2, 0.25) is 0 Å². The number of rotatable bonds is 0. The molecule has 2 saturated heterocycles. The van der Waals surface area contributed by atoms with Gasteiger partial charge in [-0.25, -0.2) is 0 Å². The van der Waals surface area contributed by atoms with Gasteiger partial charge in [0.05, 0.1) is 6.10 Å². The van der Waals surface area contributed by atoms with E-state index in [1.54, 1.807) is 6.08 Å². The van der Waals surface area contributed by atoms with Crippen LogP contribution in [-0.4, -0.2) is 29.2 Å². The summed E-state index contributed by atoms with van der Waals surface area (Å²) in [6.07, 6.45) is 6.99. The van der Waals surface area contributed by atoms with E-state index in [1.807, 2.05) is 6.08 Å². The Bertz CT molecular complexity index is 348. The van der Waals surface area contributed by atoms with Crippen LogP contribution in [0.3, 0.4) is 0 Å². The van der Waals surface area contributed by atoms with Crippen molar-refractivity contribution >= 4 is 5.78 Å². The smallest absolute Gasteiger partial charge is 0.193 e. The van der Waals surface area contributed by atoms with Crippen LogP contribution in [0.25, 0.3) is 0 Å². The van der Waals surface area contributed by atoms with E-state index in [0.29, 0.717) is 0 Å². The van der Waals surface area contributed by atoms with Crippen molar-refractivity contribution in [3.8, 4) is 0 Å². The number of carbonyl (C=O) groups is 1. The number of hydrogen-bond donors (Lipinski definition) is 0. The van der Waals surface area contributed by atoms with E-state index >= 15 is 0 Å². The summed E-state index contributed by atoms with van der Waals surface area (Å²) in [5.41, 5.74) is -0.771. The first-order chi connectivity index (χ1) is 6.30. The fourth-order valence-electron chi connectivity index (χ4n) is 3.17. The molecule has 0 aromatic heterocycles. The summed E-state index contributed by atoms with van der Waals surface area (Å²) in [6, 6.07) is 0. The molecule has 0 bridgehead atoms. The molecule has 0 N–H and O–H groups in total. The van der Waals surface area contributed by atoms with E-state index in [-0.39, 0.29) is 23.6 Å². The molecule has 3 fully saturated rings. The average Bonchev–Trinajstić information content (AvgIpc) is 2.96. The largest absolute Gasteiger partial charge is 0.358 e. The molecule has 0 radical (unpaired) electrons. The minimum Gasteiger partial charge on any atom is -0.358 e. The molecule has 2 aliphatic heterocycles. The summed E-state index contributed by atoms with van der Waals surface area (Å²) in [4.78, 5) is 11.7. The van der Waals surface area contributed by atoms with Gasteiger partial charge in [-0.05, 0) is 31.4 Å².